The topological polar surface area (TPSA) is 110 Å². The summed E-state index contributed by atoms with van der Waals surface area (Å²) < 4.78 is 0. The van der Waals surface area contributed by atoms with Crippen LogP contribution in [0.3, 0.4) is 0 Å². The molecule has 2 saturated heterocycles. The first-order valence-corrected chi connectivity index (χ1v) is 15.9. The molecular weight excluding hydrogens is 524 g/mol. The first kappa shape index (κ1) is 30.4. The molecule has 0 radical (unpaired) electrons. The first-order valence-electron chi connectivity index (χ1n) is 15.9. The van der Waals surface area contributed by atoms with Gasteiger partial charge in [0.25, 0.3) is 5.91 Å². The number of carbonyl (C=O) groups excluding carboxylic acids is 1. The lowest BCUT2D eigenvalue weighted by Crippen LogP contribution is -2.42. The molecular formula is C33H50N8O. The predicted molar refractivity (Wildman–Crippen MR) is 167 cm³/mol. The van der Waals surface area contributed by atoms with E-state index in [4.69, 9.17) is 5.73 Å². The largest absolute Gasteiger partial charge is 0.349 e. The van der Waals surface area contributed by atoms with Crippen LogP contribution in [0, 0.1) is 17.3 Å². The third kappa shape index (κ3) is 8.30. The van der Waals surface area contributed by atoms with Crippen LogP contribution in [-0.4, -0.2) is 92.9 Å². The Bertz CT molecular complexity index is 1160. The molecule has 9 nitrogen and oxygen atoms in total. The van der Waals surface area contributed by atoms with Crippen molar-refractivity contribution in [2.75, 3.05) is 52.4 Å². The van der Waals surface area contributed by atoms with Crippen molar-refractivity contribution in [3.63, 3.8) is 0 Å². The van der Waals surface area contributed by atoms with Crippen LogP contribution in [-0.2, 0) is 19.4 Å². The number of aromatic amines is 2. The van der Waals surface area contributed by atoms with E-state index in [1.54, 1.807) is 12.4 Å². The smallest absolute Gasteiger partial charge is 0.253 e. The predicted octanol–water partition coefficient (Wildman–Crippen LogP) is 3.97. The summed E-state index contributed by atoms with van der Waals surface area (Å²) in [5.74, 6) is 2.82. The number of H-pyrrole nitrogens is 2. The second-order valence-electron chi connectivity index (χ2n) is 13.1. The lowest BCUT2D eigenvalue weighted by atomic mass is 9.77. The molecule has 1 spiro atoms. The second-order valence-corrected chi connectivity index (χ2v) is 13.1. The molecule has 1 aromatic carbocycles. The van der Waals surface area contributed by atoms with Gasteiger partial charge in [-0.15, -0.1) is 0 Å². The fourth-order valence-electron chi connectivity index (χ4n) is 6.93. The molecule has 2 fully saturated rings. The van der Waals surface area contributed by atoms with E-state index >= 15 is 0 Å². The molecule has 9 heteroatoms. The number of benzene rings is 1. The second kappa shape index (κ2) is 14.4. The van der Waals surface area contributed by atoms with Gasteiger partial charge in [-0.1, -0.05) is 26.0 Å². The zero-order chi connectivity index (χ0) is 29.4. The average Bonchev–Trinajstić information content (AvgIpc) is 3.76. The number of hydrogen-bond donors (Lipinski definition) is 3. The average molecular weight is 575 g/mol. The molecule has 5 rings (SSSR count). The van der Waals surface area contributed by atoms with Crippen LogP contribution in [0.4, 0.5) is 0 Å². The Labute approximate surface area is 251 Å². The molecule has 3 aromatic rings. The molecule has 4 heterocycles. The summed E-state index contributed by atoms with van der Waals surface area (Å²) in [5.41, 5.74) is 8.38. The Morgan fingerprint density at radius 2 is 1.60 bits per heavy atom. The summed E-state index contributed by atoms with van der Waals surface area (Å²) in [5, 5.41) is 0. The minimum atomic E-state index is 0.0622. The number of nitrogens with two attached hydrogens (primary N) is 1. The Kier molecular flexibility index (Phi) is 10.5. The van der Waals surface area contributed by atoms with Crippen LogP contribution in [0.1, 0.15) is 67.1 Å². The number of likely N-dealkylation sites (tertiary alicyclic amines) is 2. The highest BCUT2D eigenvalue weighted by molar-refractivity contribution is 5.94. The van der Waals surface area contributed by atoms with Crippen molar-refractivity contribution in [3.05, 3.63) is 71.8 Å². The van der Waals surface area contributed by atoms with Crippen molar-refractivity contribution in [2.45, 2.75) is 58.9 Å². The number of hydrogen-bond acceptors (Lipinski definition) is 6. The molecule has 2 aromatic heterocycles. The summed E-state index contributed by atoms with van der Waals surface area (Å²) in [4.78, 5) is 36.3. The van der Waals surface area contributed by atoms with Gasteiger partial charge in [-0.2, -0.15) is 0 Å². The number of amides is 1. The lowest BCUT2D eigenvalue weighted by Gasteiger charge is -2.40. The number of piperidine rings is 1. The van der Waals surface area contributed by atoms with E-state index in [0.29, 0.717) is 25.0 Å². The number of nitrogens with zero attached hydrogens (tertiary/aromatic N) is 5. The summed E-state index contributed by atoms with van der Waals surface area (Å²) >= 11 is 0. The third-order valence-corrected chi connectivity index (χ3v) is 9.14. The quantitative estimate of drug-likeness (QED) is 0.269. The molecule has 0 saturated carbocycles. The Morgan fingerprint density at radius 3 is 2.14 bits per heavy atom. The van der Waals surface area contributed by atoms with Gasteiger partial charge >= 0.3 is 0 Å². The van der Waals surface area contributed by atoms with Crippen molar-refractivity contribution >= 4 is 5.91 Å². The van der Waals surface area contributed by atoms with Gasteiger partial charge in [-0.05, 0) is 86.8 Å². The van der Waals surface area contributed by atoms with E-state index in [1.807, 2.05) is 29.4 Å². The first-order chi connectivity index (χ1) is 20.4. The Morgan fingerprint density at radius 1 is 0.976 bits per heavy atom. The van der Waals surface area contributed by atoms with E-state index in [2.05, 4.69) is 55.7 Å². The van der Waals surface area contributed by atoms with Crippen LogP contribution in [0.25, 0.3) is 0 Å². The van der Waals surface area contributed by atoms with Crippen LogP contribution < -0.4 is 5.73 Å². The van der Waals surface area contributed by atoms with Gasteiger partial charge in [0, 0.05) is 75.9 Å². The van der Waals surface area contributed by atoms with Crippen molar-refractivity contribution in [1.29, 1.82) is 0 Å². The van der Waals surface area contributed by atoms with Crippen molar-refractivity contribution in [1.82, 2.24) is 34.6 Å². The lowest BCUT2D eigenvalue weighted by molar-refractivity contribution is 0.0724. The van der Waals surface area contributed by atoms with E-state index < -0.39 is 0 Å². The number of carbonyl (C=O) groups is 1. The fourth-order valence-corrected chi connectivity index (χ4v) is 6.93. The maximum atomic E-state index is 13.8. The maximum Gasteiger partial charge on any atom is 0.253 e. The molecule has 1 amide bonds. The van der Waals surface area contributed by atoms with Gasteiger partial charge in [-0.25, -0.2) is 9.97 Å². The van der Waals surface area contributed by atoms with Gasteiger partial charge in [0.2, 0.25) is 0 Å². The molecule has 0 bridgehead atoms. The minimum absolute atomic E-state index is 0.0622. The zero-order valence-corrected chi connectivity index (χ0v) is 25.6. The number of aromatic nitrogens is 4. The van der Waals surface area contributed by atoms with Gasteiger partial charge in [0.05, 0.1) is 0 Å². The van der Waals surface area contributed by atoms with Crippen molar-refractivity contribution in [3.8, 4) is 0 Å². The highest BCUT2D eigenvalue weighted by Gasteiger charge is 2.40. The minimum Gasteiger partial charge on any atom is -0.349 e. The summed E-state index contributed by atoms with van der Waals surface area (Å²) in [6.07, 6.45) is 13.4. The van der Waals surface area contributed by atoms with Gasteiger partial charge in [0.1, 0.15) is 11.6 Å². The van der Waals surface area contributed by atoms with Gasteiger partial charge < -0.3 is 25.5 Å². The van der Waals surface area contributed by atoms with Gasteiger partial charge in [0.15, 0.2) is 0 Å². The summed E-state index contributed by atoms with van der Waals surface area (Å²) in [7, 11) is 0. The Hall–Kier alpha value is -3.01. The molecule has 228 valence electrons. The van der Waals surface area contributed by atoms with Crippen LogP contribution in [0.2, 0.25) is 0 Å². The molecule has 2 aliphatic heterocycles. The molecule has 0 aliphatic carbocycles. The van der Waals surface area contributed by atoms with Crippen LogP contribution >= 0.6 is 0 Å². The van der Waals surface area contributed by atoms with E-state index in [0.717, 1.165) is 48.9 Å². The fraction of sp³-hybridized carbons (Fsp3) is 0.606. The summed E-state index contributed by atoms with van der Waals surface area (Å²) in [6.45, 7) is 13.5. The molecule has 0 atom stereocenters. The normalized spacial score (nSPS) is 17.5. The molecule has 0 unspecified atom stereocenters. The van der Waals surface area contributed by atoms with Gasteiger partial charge in [-0.3, -0.25) is 9.69 Å². The number of nitrogens with one attached hydrogen (secondary N) is 2. The van der Waals surface area contributed by atoms with Crippen LogP contribution in [0.15, 0.2) is 49.1 Å². The van der Waals surface area contributed by atoms with E-state index in [1.165, 1.54) is 57.5 Å². The zero-order valence-electron chi connectivity index (χ0n) is 25.6. The summed E-state index contributed by atoms with van der Waals surface area (Å²) in [6, 6.07) is 8.32. The molecule has 4 N–H and O–H groups in total. The number of rotatable bonds is 14. The monoisotopic (exact) mass is 574 g/mol. The standard InChI is InChI=1S/C33H50N8O/c1-26(2)22-39-17-8-33(9-18-39)10-19-40(25-33)23-27-4-6-29(7-5-27)32(42)41(16-3-11-34)24-28(20-30-35-12-13-36-30)21-31-37-14-15-38-31/h4-7,12-15,26,28H,3,8-11,16-25,34H2,1-2H3,(H,35,36)(H,37,38). The van der Waals surface area contributed by atoms with Crippen molar-refractivity contribution in [2.24, 2.45) is 23.0 Å². The van der Waals surface area contributed by atoms with E-state index in [-0.39, 0.29) is 11.8 Å². The third-order valence-electron chi connectivity index (χ3n) is 9.14. The molecule has 42 heavy (non-hydrogen) atoms. The van der Waals surface area contributed by atoms with Crippen molar-refractivity contribution < 1.29 is 4.79 Å². The van der Waals surface area contributed by atoms with Crippen LogP contribution in [0.5, 0.6) is 0 Å². The highest BCUT2D eigenvalue weighted by atomic mass is 16.2. The van der Waals surface area contributed by atoms with E-state index in [9.17, 15) is 4.79 Å². The SMILES string of the molecule is CC(C)CN1CCC2(CC1)CCN(Cc1ccc(C(=O)N(CCCN)CC(Cc3ncc[nH]3)Cc3ncc[nH]3)cc1)C2. The molecule has 2 aliphatic rings. The highest BCUT2D eigenvalue weighted by Crippen LogP contribution is 2.41. The number of imidazole rings is 2. The Balaban J connectivity index is 1.18. The maximum absolute atomic E-state index is 13.8.